The number of hydrogen-bond donors (Lipinski definition) is 1. The van der Waals surface area contributed by atoms with Gasteiger partial charge >= 0.3 is 0 Å². The van der Waals surface area contributed by atoms with E-state index in [4.69, 9.17) is 0 Å². The molecule has 0 fully saturated rings. The molecule has 0 saturated heterocycles. The lowest BCUT2D eigenvalue weighted by Crippen LogP contribution is -2.07. The van der Waals surface area contributed by atoms with Crippen molar-refractivity contribution < 1.29 is 8.78 Å². The van der Waals surface area contributed by atoms with E-state index in [1.807, 2.05) is 0 Å². The molecular weight excluding hydrogens is 408 g/mol. The third kappa shape index (κ3) is 3.15. The van der Waals surface area contributed by atoms with E-state index < -0.39 is 11.6 Å². The molecule has 132 valence electrons. The first-order chi connectivity index (χ1) is 12.5. The van der Waals surface area contributed by atoms with Crippen molar-refractivity contribution in [3.63, 3.8) is 0 Å². The molecule has 0 unspecified atom stereocenters. The van der Waals surface area contributed by atoms with Gasteiger partial charge < -0.3 is 5.32 Å². The molecule has 0 radical (unpaired) electrons. The van der Waals surface area contributed by atoms with Crippen molar-refractivity contribution in [1.29, 1.82) is 0 Å². The molecule has 0 atom stereocenters. The Bertz CT molecular complexity index is 1110. The van der Waals surface area contributed by atoms with E-state index in [0.717, 1.165) is 11.8 Å². The Labute approximate surface area is 154 Å². The predicted molar refractivity (Wildman–Crippen MR) is 95.0 cm³/mol. The molecule has 0 aliphatic heterocycles. The summed E-state index contributed by atoms with van der Waals surface area (Å²) in [5, 5.41) is 12.0. The zero-order valence-corrected chi connectivity index (χ0v) is 15.1. The number of hydrogen-bond acceptors (Lipinski definition) is 5. The lowest BCUT2D eigenvalue weighted by atomic mass is 10.2. The summed E-state index contributed by atoms with van der Waals surface area (Å²) in [6, 6.07) is 2.60. The summed E-state index contributed by atoms with van der Waals surface area (Å²) < 4.78 is 31.3. The van der Waals surface area contributed by atoms with Crippen molar-refractivity contribution in [2.75, 3.05) is 5.32 Å². The van der Waals surface area contributed by atoms with Gasteiger partial charge in [-0.25, -0.2) is 18.4 Å². The Morgan fingerprint density at radius 2 is 2.00 bits per heavy atom. The third-order valence-corrected chi connectivity index (χ3v) is 4.18. The SMILES string of the molecule is Cn1cc(Nc2ncc3cnn(Cc4cc(Br)cc(F)c4F)c3n2)cn1. The second kappa shape index (κ2) is 6.45. The number of nitrogens with one attached hydrogen (secondary N) is 1. The van der Waals surface area contributed by atoms with Gasteiger partial charge in [0.15, 0.2) is 17.3 Å². The number of anilines is 2. The Hall–Kier alpha value is -2.88. The number of aryl methyl sites for hydroxylation is 1. The Kier molecular flexibility index (Phi) is 4.11. The minimum atomic E-state index is -0.917. The molecule has 0 spiro atoms. The summed E-state index contributed by atoms with van der Waals surface area (Å²) in [5.41, 5.74) is 1.41. The molecule has 1 aromatic carbocycles. The summed E-state index contributed by atoms with van der Waals surface area (Å²) >= 11 is 3.17. The molecule has 7 nitrogen and oxygen atoms in total. The van der Waals surface area contributed by atoms with E-state index in [1.54, 1.807) is 36.5 Å². The molecule has 0 bridgehead atoms. The molecule has 0 aliphatic rings. The van der Waals surface area contributed by atoms with Crippen molar-refractivity contribution in [2.45, 2.75) is 6.54 Å². The zero-order chi connectivity index (χ0) is 18.3. The number of halogens is 3. The van der Waals surface area contributed by atoms with Gasteiger partial charge in [-0.1, -0.05) is 15.9 Å². The van der Waals surface area contributed by atoms with Crippen molar-refractivity contribution in [2.24, 2.45) is 7.05 Å². The van der Waals surface area contributed by atoms with Gasteiger partial charge in [-0.05, 0) is 12.1 Å². The van der Waals surface area contributed by atoms with Gasteiger partial charge in [-0.2, -0.15) is 15.2 Å². The fourth-order valence-electron chi connectivity index (χ4n) is 2.54. The standard InChI is InChI=1S/C16H12BrF2N7/c1-25-8-12(6-21-25)23-16-20-4-10-5-22-26(15(10)24-16)7-9-2-11(17)3-13(18)14(9)19/h2-6,8H,7H2,1H3,(H,20,23,24). The lowest BCUT2D eigenvalue weighted by molar-refractivity contribution is 0.492. The Morgan fingerprint density at radius 3 is 2.77 bits per heavy atom. The molecule has 3 aromatic heterocycles. The van der Waals surface area contributed by atoms with Crippen LogP contribution in [0.2, 0.25) is 0 Å². The van der Waals surface area contributed by atoms with Crippen LogP contribution in [0.3, 0.4) is 0 Å². The molecule has 10 heteroatoms. The van der Waals surface area contributed by atoms with Crippen LogP contribution in [0, 0.1) is 11.6 Å². The quantitative estimate of drug-likeness (QED) is 0.513. The maximum absolute atomic E-state index is 14.1. The Morgan fingerprint density at radius 1 is 1.15 bits per heavy atom. The number of aromatic nitrogens is 6. The number of rotatable bonds is 4. The fraction of sp³-hybridized carbons (Fsp3) is 0.125. The largest absolute Gasteiger partial charge is 0.321 e. The van der Waals surface area contributed by atoms with Crippen LogP contribution in [0.15, 0.2) is 41.4 Å². The molecule has 3 heterocycles. The lowest BCUT2D eigenvalue weighted by Gasteiger charge is -2.07. The normalized spacial score (nSPS) is 11.2. The summed E-state index contributed by atoms with van der Waals surface area (Å²) in [7, 11) is 1.80. The van der Waals surface area contributed by atoms with Gasteiger partial charge in [0.05, 0.1) is 30.0 Å². The van der Waals surface area contributed by atoms with E-state index in [-0.39, 0.29) is 12.1 Å². The molecule has 1 N–H and O–H groups in total. The van der Waals surface area contributed by atoms with Gasteiger partial charge in [-0.3, -0.25) is 4.68 Å². The number of nitrogens with zero attached hydrogens (tertiary/aromatic N) is 6. The Balaban J connectivity index is 1.69. The van der Waals surface area contributed by atoms with Crippen molar-refractivity contribution in [1.82, 2.24) is 29.5 Å². The van der Waals surface area contributed by atoms with Gasteiger partial charge in [0, 0.05) is 29.5 Å². The molecular formula is C16H12BrF2N7. The fourth-order valence-corrected chi connectivity index (χ4v) is 3.02. The molecule has 0 saturated carbocycles. The second-order valence-electron chi connectivity index (χ2n) is 5.66. The van der Waals surface area contributed by atoms with Gasteiger partial charge in [0.1, 0.15) is 0 Å². The van der Waals surface area contributed by atoms with E-state index in [2.05, 4.69) is 41.4 Å². The molecule has 0 amide bonds. The van der Waals surface area contributed by atoms with E-state index in [9.17, 15) is 8.78 Å². The van der Waals surface area contributed by atoms with Crippen LogP contribution in [-0.4, -0.2) is 29.5 Å². The molecule has 26 heavy (non-hydrogen) atoms. The van der Waals surface area contributed by atoms with E-state index in [0.29, 0.717) is 21.5 Å². The highest BCUT2D eigenvalue weighted by atomic mass is 79.9. The second-order valence-corrected chi connectivity index (χ2v) is 6.58. The summed E-state index contributed by atoms with van der Waals surface area (Å²) in [5.74, 6) is -1.47. The highest BCUT2D eigenvalue weighted by Crippen LogP contribution is 2.22. The van der Waals surface area contributed by atoms with Crippen LogP contribution in [-0.2, 0) is 13.6 Å². The first-order valence-electron chi connectivity index (χ1n) is 7.57. The van der Waals surface area contributed by atoms with Gasteiger partial charge in [0.2, 0.25) is 5.95 Å². The third-order valence-electron chi connectivity index (χ3n) is 3.73. The van der Waals surface area contributed by atoms with Crippen LogP contribution in [0.5, 0.6) is 0 Å². The van der Waals surface area contributed by atoms with Crippen molar-refractivity contribution in [3.8, 4) is 0 Å². The average Bonchev–Trinajstić information content (AvgIpc) is 3.18. The first-order valence-corrected chi connectivity index (χ1v) is 8.36. The number of benzene rings is 1. The van der Waals surface area contributed by atoms with Gasteiger partial charge in [-0.15, -0.1) is 0 Å². The number of fused-ring (bicyclic) bond motifs is 1. The van der Waals surface area contributed by atoms with Crippen molar-refractivity contribution >= 4 is 38.6 Å². The monoisotopic (exact) mass is 419 g/mol. The van der Waals surface area contributed by atoms with Crippen LogP contribution >= 0.6 is 15.9 Å². The molecule has 4 aromatic rings. The average molecular weight is 420 g/mol. The summed E-state index contributed by atoms with van der Waals surface area (Å²) in [4.78, 5) is 8.65. The topological polar surface area (TPSA) is 73.5 Å². The van der Waals surface area contributed by atoms with Crippen LogP contribution in [0.25, 0.3) is 11.0 Å². The predicted octanol–water partition coefficient (Wildman–Crippen LogP) is 3.39. The van der Waals surface area contributed by atoms with Crippen LogP contribution < -0.4 is 5.32 Å². The van der Waals surface area contributed by atoms with Gasteiger partial charge in [0.25, 0.3) is 0 Å². The highest BCUT2D eigenvalue weighted by molar-refractivity contribution is 9.10. The van der Waals surface area contributed by atoms with Crippen LogP contribution in [0.1, 0.15) is 5.56 Å². The maximum atomic E-state index is 14.1. The molecule has 0 aliphatic carbocycles. The van der Waals surface area contributed by atoms with Crippen LogP contribution in [0.4, 0.5) is 20.4 Å². The highest BCUT2D eigenvalue weighted by Gasteiger charge is 2.14. The minimum Gasteiger partial charge on any atom is -0.321 e. The first kappa shape index (κ1) is 16.6. The minimum absolute atomic E-state index is 0.0367. The van der Waals surface area contributed by atoms with Crippen molar-refractivity contribution in [3.05, 3.63) is 58.6 Å². The van der Waals surface area contributed by atoms with E-state index in [1.165, 1.54) is 10.7 Å². The summed E-state index contributed by atoms with van der Waals surface area (Å²) in [6.45, 7) is 0.0367. The maximum Gasteiger partial charge on any atom is 0.229 e. The molecule has 4 rings (SSSR count). The zero-order valence-electron chi connectivity index (χ0n) is 13.5. The van der Waals surface area contributed by atoms with E-state index >= 15 is 0 Å². The summed E-state index contributed by atoms with van der Waals surface area (Å²) in [6.07, 6.45) is 6.62. The smallest absolute Gasteiger partial charge is 0.229 e.